The van der Waals surface area contributed by atoms with Crippen LogP contribution in [0.3, 0.4) is 0 Å². The molecular weight excluding hydrogens is 751 g/mol. The highest BCUT2D eigenvalue weighted by molar-refractivity contribution is 7.92. The highest BCUT2D eigenvalue weighted by atomic mass is 32.2. The molecule has 0 radical (unpaired) electrons. The predicted octanol–water partition coefficient (Wildman–Crippen LogP) is 4.37. The maximum absolute atomic E-state index is 15.4. The van der Waals surface area contributed by atoms with Crippen LogP contribution in [0.2, 0.25) is 0 Å². The second-order valence-corrected chi connectivity index (χ2v) is 15.6. The summed E-state index contributed by atoms with van der Waals surface area (Å²) in [5, 5.41) is 2.66. The van der Waals surface area contributed by atoms with Gasteiger partial charge in [-0.1, -0.05) is 18.6 Å². The van der Waals surface area contributed by atoms with Crippen LogP contribution in [0.25, 0.3) is 16.6 Å². The van der Waals surface area contributed by atoms with Gasteiger partial charge < -0.3 is 10.1 Å². The average Bonchev–Trinajstić information content (AvgIpc) is 4.05. The Balaban J connectivity index is 1.10. The number of aryl methyl sites for hydroxylation is 1. The molecule has 0 aliphatic heterocycles. The van der Waals surface area contributed by atoms with Crippen molar-refractivity contribution in [3.05, 3.63) is 122 Å². The van der Waals surface area contributed by atoms with Crippen molar-refractivity contribution in [2.45, 2.75) is 68.4 Å². The van der Waals surface area contributed by atoms with Crippen LogP contribution in [0, 0.1) is 17.6 Å². The minimum Gasteiger partial charge on any atom is -0.461 e. The Labute approximate surface area is 318 Å². The molecule has 2 aromatic carbocycles. The van der Waals surface area contributed by atoms with Crippen molar-refractivity contribution in [2.24, 2.45) is 13.0 Å². The van der Waals surface area contributed by atoms with Gasteiger partial charge in [-0.2, -0.15) is 0 Å². The number of rotatable bonds is 12. The first-order valence-electron chi connectivity index (χ1n) is 18.0. The first-order chi connectivity index (χ1) is 26.8. The second-order valence-electron chi connectivity index (χ2n) is 13.9. The van der Waals surface area contributed by atoms with Gasteiger partial charge in [-0.25, -0.2) is 31.4 Å². The van der Waals surface area contributed by atoms with Gasteiger partial charge in [0.05, 0.1) is 45.1 Å². The molecule has 3 aromatic heterocycles. The van der Waals surface area contributed by atoms with Crippen LogP contribution in [0.5, 0.6) is 0 Å². The zero-order chi connectivity index (χ0) is 39.7. The largest absolute Gasteiger partial charge is 0.461 e. The SMILES string of the molecule is Cn1c(=O)n(-c2ccc(C[C@H](NC(=O)c3cc(F)c(NS(=O)(=O)c4ccc(C(=O)C5CC5)cc4)cc3F)C(=O)OC3CCCCC3)nc2)c(=O)c2ccncc21. The summed E-state index contributed by atoms with van der Waals surface area (Å²) in [4.78, 5) is 73.6. The van der Waals surface area contributed by atoms with E-state index in [1.807, 2.05) is 4.72 Å². The Morgan fingerprint density at radius 3 is 2.34 bits per heavy atom. The van der Waals surface area contributed by atoms with Crippen LogP contribution in [0.4, 0.5) is 14.5 Å². The topological polar surface area (TPSA) is 188 Å². The Morgan fingerprint density at radius 1 is 0.929 bits per heavy atom. The van der Waals surface area contributed by atoms with Crippen molar-refractivity contribution in [1.82, 2.24) is 24.4 Å². The number of Topliss-reactive ketones (excluding diaryl/α,β-unsaturated/α-hetero) is 1. The highest BCUT2D eigenvalue weighted by Crippen LogP contribution is 2.33. The molecule has 2 N–H and O–H groups in total. The number of anilines is 1. The molecule has 0 unspecified atom stereocenters. The number of amides is 1. The van der Waals surface area contributed by atoms with Gasteiger partial charge in [0.1, 0.15) is 23.8 Å². The van der Waals surface area contributed by atoms with Gasteiger partial charge >= 0.3 is 11.7 Å². The second kappa shape index (κ2) is 15.6. The number of nitrogens with zero attached hydrogens (tertiary/aromatic N) is 4. The Hall–Kier alpha value is -6.10. The van der Waals surface area contributed by atoms with Gasteiger partial charge in [-0.3, -0.25) is 33.6 Å². The number of pyridine rings is 2. The smallest absolute Gasteiger partial charge is 0.335 e. The van der Waals surface area contributed by atoms with Gasteiger partial charge in [0.2, 0.25) is 0 Å². The molecule has 7 rings (SSSR count). The summed E-state index contributed by atoms with van der Waals surface area (Å²) in [7, 11) is -2.93. The summed E-state index contributed by atoms with van der Waals surface area (Å²) < 4.78 is 66.7. The number of hydrogen-bond acceptors (Lipinski definition) is 10. The lowest BCUT2D eigenvalue weighted by Crippen LogP contribution is -2.45. The lowest BCUT2D eigenvalue weighted by Gasteiger charge is -2.25. The van der Waals surface area contributed by atoms with E-state index in [1.165, 1.54) is 72.7 Å². The monoisotopic (exact) mass is 786 g/mol. The molecule has 2 aliphatic carbocycles. The van der Waals surface area contributed by atoms with E-state index < -0.39 is 68.2 Å². The lowest BCUT2D eigenvalue weighted by molar-refractivity contribution is -0.152. The van der Waals surface area contributed by atoms with Crippen molar-refractivity contribution in [2.75, 3.05) is 4.72 Å². The first kappa shape index (κ1) is 38.2. The first-order valence-corrected chi connectivity index (χ1v) is 19.5. The van der Waals surface area contributed by atoms with Crippen LogP contribution in [-0.2, 0) is 33.0 Å². The molecule has 0 saturated heterocycles. The minimum absolute atomic E-state index is 0.0734. The lowest BCUT2D eigenvalue weighted by atomic mass is 9.97. The Bertz CT molecular complexity index is 2580. The Morgan fingerprint density at radius 2 is 1.66 bits per heavy atom. The highest BCUT2D eigenvalue weighted by Gasteiger charge is 2.31. The zero-order valence-corrected chi connectivity index (χ0v) is 30.9. The normalized spacial score (nSPS) is 15.3. The predicted molar refractivity (Wildman–Crippen MR) is 199 cm³/mol. The molecule has 0 bridgehead atoms. The van der Waals surface area contributed by atoms with Crippen molar-refractivity contribution in [3.8, 4) is 5.69 Å². The molecule has 5 aromatic rings. The summed E-state index contributed by atoms with van der Waals surface area (Å²) in [6, 6.07) is 9.05. The third kappa shape index (κ3) is 7.98. The summed E-state index contributed by atoms with van der Waals surface area (Å²) in [5.74, 6) is -4.74. The van der Waals surface area contributed by atoms with Crippen molar-refractivity contribution in [1.29, 1.82) is 0 Å². The third-order valence-electron chi connectivity index (χ3n) is 9.92. The molecule has 2 aliphatic rings. The van der Waals surface area contributed by atoms with E-state index in [9.17, 15) is 32.4 Å². The van der Waals surface area contributed by atoms with Crippen LogP contribution in [0.1, 0.15) is 71.4 Å². The van der Waals surface area contributed by atoms with Gasteiger partial charge in [-0.15, -0.1) is 0 Å². The molecule has 1 amide bonds. The molecule has 2 fully saturated rings. The minimum atomic E-state index is -4.43. The number of ketones is 1. The maximum atomic E-state index is 15.4. The molecule has 56 heavy (non-hydrogen) atoms. The number of ether oxygens (including phenoxy) is 1. The number of hydrogen-bond donors (Lipinski definition) is 2. The van der Waals surface area contributed by atoms with Crippen LogP contribution in [-0.4, -0.2) is 57.3 Å². The number of halogens is 2. The number of sulfonamides is 1. The molecule has 3 heterocycles. The van der Waals surface area contributed by atoms with Gasteiger partial charge in [-0.05, 0) is 74.9 Å². The van der Waals surface area contributed by atoms with Crippen molar-refractivity contribution in [3.63, 3.8) is 0 Å². The van der Waals surface area contributed by atoms with Crippen molar-refractivity contribution < 1.29 is 36.3 Å². The molecule has 290 valence electrons. The molecule has 2 saturated carbocycles. The number of nitrogens with one attached hydrogen (secondary N) is 2. The molecule has 1 atom stereocenters. The van der Waals surface area contributed by atoms with E-state index in [-0.39, 0.29) is 39.8 Å². The van der Waals surface area contributed by atoms with Crippen molar-refractivity contribution >= 4 is 44.3 Å². The molecule has 0 spiro atoms. The number of benzene rings is 2. The van der Waals surface area contributed by atoms with Gasteiger partial charge in [0.25, 0.3) is 21.5 Å². The summed E-state index contributed by atoms with van der Waals surface area (Å²) >= 11 is 0. The van der Waals surface area contributed by atoms with Crippen LogP contribution < -0.4 is 21.3 Å². The summed E-state index contributed by atoms with van der Waals surface area (Å²) in [6.07, 6.45) is 8.86. The number of carbonyl (C=O) groups excluding carboxylic acids is 3. The number of esters is 1. The molecular formula is C39H36F2N6O8S. The maximum Gasteiger partial charge on any atom is 0.335 e. The zero-order valence-electron chi connectivity index (χ0n) is 30.0. The van der Waals surface area contributed by atoms with Crippen LogP contribution in [0.15, 0.2) is 87.7 Å². The summed E-state index contributed by atoms with van der Waals surface area (Å²) in [6.45, 7) is 0. The van der Waals surface area contributed by atoms with Gasteiger partial charge in [0.15, 0.2) is 5.78 Å². The van der Waals surface area contributed by atoms with E-state index in [2.05, 4.69) is 15.3 Å². The quantitative estimate of drug-likeness (QED) is 0.136. The fraction of sp³-hybridized carbons (Fsp3) is 0.308. The van der Waals surface area contributed by atoms with E-state index in [0.717, 1.165) is 36.7 Å². The fourth-order valence-electron chi connectivity index (χ4n) is 6.64. The number of fused-ring (bicyclic) bond motifs is 1. The average molecular weight is 787 g/mol. The van der Waals surface area contributed by atoms with E-state index in [4.69, 9.17) is 4.74 Å². The number of carbonyl (C=O) groups is 3. The van der Waals surface area contributed by atoms with E-state index in [0.29, 0.717) is 36.1 Å². The Kier molecular flexibility index (Phi) is 10.6. The van der Waals surface area contributed by atoms with Gasteiger partial charge in [0, 0.05) is 42.9 Å². The third-order valence-corrected chi connectivity index (χ3v) is 11.3. The molecule has 14 nitrogen and oxygen atoms in total. The van der Waals surface area contributed by atoms with E-state index >= 15 is 8.78 Å². The standard InChI is InChI=1S/C39H36F2N6O8S/c1-46-34-21-42-16-15-28(34)37(50)47(39(46)52)25-12-11-24(43-20-25)17-33(38(51)55-26-5-3-2-4-6-26)44-36(49)29-18-31(41)32(19-30(29)40)45-56(53,54)27-13-9-23(10-14-27)35(48)22-7-8-22/h9-16,18-22,26,33,45H,2-8,17H2,1H3,(H,44,49)/t33-/m0/s1. The fourth-order valence-corrected chi connectivity index (χ4v) is 7.70. The molecule has 17 heteroatoms. The summed E-state index contributed by atoms with van der Waals surface area (Å²) in [5.41, 5.74) is -1.76. The van der Waals surface area contributed by atoms with E-state index in [1.54, 1.807) is 0 Å². The number of aromatic nitrogens is 4. The van der Waals surface area contributed by atoms with Crippen LogP contribution >= 0.6 is 0 Å².